The largest absolute Gasteiger partial charge is 0.481 e. The van der Waals surface area contributed by atoms with E-state index in [9.17, 15) is 9.59 Å². The number of hydrogen-bond acceptors (Lipinski definition) is 3. The van der Waals surface area contributed by atoms with E-state index in [4.69, 9.17) is 10.2 Å². The van der Waals surface area contributed by atoms with Gasteiger partial charge in [0.15, 0.2) is 0 Å². The summed E-state index contributed by atoms with van der Waals surface area (Å²) in [5.74, 6) is -2.06. The van der Waals surface area contributed by atoms with Crippen molar-refractivity contribution in [2.45, 2.75) is 58.8 Å². The van der Waals surface area contributed by atoms with Gasteiger partial charge in [-0.1, -0.05) is 44.4 Å². The molecule has 0 radical (unpaired) electrons. The molecule has 0 amide bonds. The lowest BCUT2D eigenvalue weighted by Crippen LogP contribution is -2.28. The third-order valence-corrected chi connectivity index (χ3v) is 4.61. The first-order chi connectivity index (χ1) is 11.4. The van der Waals surface area contributed by atoms with Crippen LogP contribution in [0.5, 0.6) is 0 Å². The molecule has 0 saturated carbocycles. The Kier molecular flexibility index (Phi) is 8.76. The maximum Gasteiger partial charge on any atom is 0.331 e. The van der Waals surface area contributed by atoms with Crippen LogP contribution in [0.1, 0.15) is 58.8 Å². The van der Waals surface area contributed by atoms with Gasteiger partial charge >= 0.3 is 11.9 Å². The molecule has 2 N–H and O–H groups in total. The standard InChI is InChI=1S/C10H21N.C9H10O4/c1-2-3-4-5-8-11-9-6-7-10-11;1-9(8(12)13)4-2-3-6(5-9)7(10)11/h2-10H2,1H3;2-4H,5H2,1H3,(H,10,11)(H,12,13). The molecule has 1 aliphatic heterocycles. The van der Waals surface area contributed by atoms with Crippen LogP contribution in [0, 0.1) is 5.41 Å². The molecule has 1 fully saturated rings. The molecule has 1 atom stereocenters. The smallest absolute Gasteiger partial charge is 0.331 e. The van der Waals surface area contributed by atoms with Crippen molar-refractivity contribution in [3.8, 4) is 0 Å². The predicted octanol–water partition coefficient (Wildman–Crippen LogP) is 3.71. The van der Waals surface area contributed by atoms with Crippen molar-refractivity contribution in [2.75, 3.05) is 19.6 Å². The second-order valence-electron chi connectivity index (χ2n) is 6.86. The molecule has 1 heterocycles. The van der Waals surface area contributed by atoms with E-state index >= 15 is 0 Å². The topological polar surface area (TPSA) is 77.8 Å². The zero-order chi connectivity index (χ0) is 18.0. The highest BCUT2D eigenvalue weighted by atomic mass is 16.4. The second-order valence-corrected chi connectivity index (χ2v) is 6.86. The van der Waals surface area contributed by atoms with Gasteiger partial charge in [-0.2, -0.15) is 0 Å². The van der Waals surface area contributed by atoms with Crippen LogP contribution in [-0.2, 0) is 9.59 Å². The van der Waals surface area contributed by atoms with Gasteiger partial charge in [-0.3, -0.25) is 4.79 Å². The molecular formula is C19H31NO4. The quantitative estimate of drug-likeness (QED) is 0.692. The Morgan fingerprint density at radius 3 is 2.38 bits per heavy atom. The van der Waals surface area contributed by atoms with Gasteiger partial charge in [-0.05, 0) is 52.2 Å². The van der Waals surface area contributed by atoms with Gasteiger partial charge in [0, 0.05) is 5.57 Å². The van der Waals surface area contributed by atoms with E-state index in [1.165, 1.54) is 83.3 Å². The lowest BCUT2D eigenvalue weighted by molar-refractivity contribution is -0.145. The molecule has 1 unspecified atom stereocenters. The van der Waals surface area contributed by atoms with E-state index in [2.05, 4.69) is 11.8 Å². The molecule has 0 aromatic carbocycles. The van der Waals surface area contributed by atoms with Crippen LogP contribution in [0.15, 0.2) is 23.8 Å². The van der Waals surface area contributed by atoms with Crippen molar-refractivity contribution in [2.24, 2.45) is 5.41 Å². The first-order valence-corrected chi connectivity index (χ1v) is 8.96. The number of nitrogens with zero attached hydrogens (tertiary/aromatic N) is 1. The highest BCUT2D eigenvalue weighted by Gasteiger charge is 2.34. The Bertz CT molecular complexity index is 478. The SMILES string of the molecule is CC1(C(=O)O)C=CC=C(C(=O)O)C1.CCCCCCN1CCCC1. The van der Waals surface area contributed by atoms with Gasteiger partial charge in [0.05, 0.1) is 5.41 Å². The summed E-state index contributed by atoms with van der Waals surface area (Å²) in [7, 11) is 0. The van der Waals surface area contributed by atoms with Crippen LogP contribution < -0.4 is 0 Å². The number of hydrogen-bond donors (Lipinski definition) is 2. The molecule has 0 bridgehead atoms. The zero-order valence-electron chi connectivity index (χ0n) is 15.0. The van der Waals surface area contributed by atoms with Crippen molar-refractivity contribution < 1.29 is 19.8 Å². The Labute approximate surface area is 145 Å². The van der Waals surface area contributed by atoms with Crippen molar-refractivity contribution in [1.82, 2.24) is 4.90 Å². The molecule has 24 heavy (non-hydrogen) atoms. The van der Waals surface area contributed by atoms with Crippen LogP contribution in [-0.4, -0.2) is 46.7 Å². The Balaban J connectivity index is 0.000000243. The number of carbonyl (C=O) groups is 2. The van der Waals surface area contributed by atoms with Gasteiger partial charge in [0.1, 0.15) is 0 Å². The fraction of sp³-hybridized carbons (Fsp3) is 0.684. The number of likely N-dealkylation sites (tertiary alicyclic amines) is 1. The summed E-state index contributed by atoms with van der Waals surface area (Å²) in [6, 6.07) is 0. The number of aliphatic carboxylic acids is 2. The number of carboxylic acids is 2. The van der Waals surface area contributed by atoms with E-state index in [0.29, 0.717) is 0 Å². The maximum atomic E-state index is 10.8. The summed E-state index contributed by atoms with van der Waals surface area (Å²) in [6.07, 6.45) is 13.0. The summed E-state index contributed by atoms with van der Waals surface area (Å²) >= 11 is 0. The Morgan fingerprint density at radius 1 is 1.17 bits per heavy atom. The Hall–Kier alpha value is -1.62. The maximum absolute atomic E-state index is 10.8. The number of carboxylic acid groups (broad SMARTS) is 2. The first kappa shape index (κ1) is 20.4. The highest BCUT2D eigenvalue weighted by Crippen LogP contribution is 2.31. The molecule has 0 aromatic heterocycles. The van der Waals surface area contributed by atoms with E-state index in [1.54, 1.807) is 0 Å². The molecular weight excluding hydrogens is 306 g/mol. The molecule has 0 spiro atoms. The van der Waals surface area contributed by atoms with Gasteiger partial charge in [0.2, 0.25) is 0 Å². The molecule has 5 heteroatoms. The number of allylic oxidation sites excluding steroid dienone is 2. The number of unbranched alkanes of at least 4 members (excludes halogenated alkanes) is 3. The molecule has 0 aromatic rings. The normalized spacial score (nSPS) is 23.3. The predicted molar refractivity (Wildman–Crippen MR) is 95.0 cm³/mol. The average molecular weight is 337 g/mol. The zero-order valence-corrected chi connectivity index (χ0v) is 15.0. The Morgan fingerprint density at radius 2 is 1.83 bits per heavy atom. The van der Waals surface area contributed by atoms with Crippen LogP contribution in [0.25, 0.3) is 0 Å². The minimum atomic E-state index is -1.08. The van der Waals surface area contributed by atoms with Gasteiger partial charge in [0.25, 0.3) is 0 Å². The van der Waals surface area contributed by atoms with Crippen LogP contribution in [0.3, 0.4) is 0 Å². The summed E-state index contributed by atoms with van der Waals surface area (Å²) in [5.41, 5.74) is -0.949. The van der Waals surface area contributed by atoms with Crippen molar-refractivity contribution in [1.29, 1.82) is 0 Å². The third-order valence-electron chi connectivity index (χ3n) is 4.61. The fourth-order valence-electron chi connectivity index (χ4n) is 2.95. The molecule has 136 valence electrons. The van der Waals surface area contributed by atoms with E-state index < -0.39 is 17.4 Å². The van der Waals surface area contributed by atoms with Crippen LogP contribution >= 0.6 is 0 Å². The molecule has 1 saturated heterocycles. The summed E-state index contributed by atoms with van der Waals surface area (Å²) in [6.45, 7) is 7.87. The van der Waals surface area contributed by atoms with Crippen LogP contribution in [0.2, 0.25) is 0 Å². The average Bonchev–Trinajstić information content (AvgIpc) is 3.05. The van der Waals surface area contributed by atoms with E-state index in [1.807, 2.05) is 0 Å². The van der Waals surface area contributed by atoms with Crippen molar-refractivity contribution in [3.63, 3.8) is 0 Å². The molecule has 5 nitrogen and oxygen atoms in total. The first-order valence-electron chi connectivity index (χ1n) is 8.96. The second kappa shape index (κ2) is 10.3. The minimum Gasteiger partial charge on any atom is -0.481 e. The van der Waals surface area contributed by atoms with Gasteiger partial charge in [-0.15, -0.1) is 0 Å². The number of rotatable bonds is 7. The third kappa shape index (κ3) is 6.87. The lowest BCUT2D eigenvalue weighted by Gasteiger charge is -2.23. The van der Waals surface area contributed by atoms with E-state index in [0.717, 1.165) is 0 Å². The molecule has 2 aliphatic rings. The summed E-state index contributed by atoms with van der Waals surface area (Å²) in [4.78, 5) is 23.9. The van der Waals surface area contributed by atoms with Crippen molar-refractivity contribution >= 4 is 11.9 Å². The van der Waals surface area contributed by atoms with Gasteiger partial charge < -0.3 is 15.1 Å². The van der Waals surface area contributed by atoms with Crippen molar-refractivity contribution in [3.05, 3.63) is 23.8 Å². The summed E-state index contributed by atoms with van der Waals surface area (Å²) in [5, 5.41) is 17.5. The summed E-state index contributed by atoms with van der Waals surface area (Å²) < 4.78 is 0. The van der Waals surface area contributed by atoms with Gasteiger partial charge in [-0.25, -0.2) is 4.79 Å². The van der Waals surface area contributed by atoms with E-state index in [-0.39, 0.29) is 12.0 Å². The monoisotopic (exact) mass is 337 g/mol. The molecule has 2 rings (SSSR count). The lowest BCUT2D eigenvalue weighted by atomic mass is 9.80. The van der Waals surface area contributed by atoms with Crippen LogP contribution in [0.4, 0.5) is 0 Å². The fourth-order valence-corrected chi connectivity index (χ4v) is 2.95. The minimum absolute atomic E-state index is 0.0359. The molecule has 1 aliphatic carbocycles. The highest BCUT2D eigenvalue weighted by molar-refractivity contribution is 5.90.